The molecule has 178 valence electrons. The first-order chi connectivity index (χ1) is 14.6. The molecular weight excluding hydrogens is 412 g/mol. The number of ether oxygens (including phenoxy) is 5. The molecule has 0 bridgehead atoms. The van der Waals surface area contributed by atoms with E-state index in [0.29, 0.717) is 13.2 Å². The molecule has 1 rings (SSSR count). The number of unbranched alkanes of at least 4 members (excludes halogenated alkanes) is 3. The average molecular weight is 446 g/mol. The molecule has 0 aromatic heterocycles. The van der Waals surface area contributed by atoms with Gasteiger partial charge in [-0.1, -0.05) is 12.8 Å². The molecule has 1 saturated heterocycles. The van der Waals surface area contributed by atoms with E-state index in [-0.39, 0.29) is 6.61 Å². The summed E-state index contributed by atoms with van der Waals surface area (Å²) in [4.78, 5) is 46.5. The van der Waals surface area contributed by atoms with E-state index >= 15 is 0 Å². The van der Waals surface area contributed by atoms with Crippen LogP contribution in [0.4, 0.5) is 0 Å². The van der Waals surface area contributed by atoms with Gasteiger partial charge in [-0.3, -0.25) is 19.2 Å². The molecule has 1 heterocycles. The quantitative estimate of drug-likeness (QED) is 0.241. The van der Waals surface area contributed by atoms with E-state index in [9.17, 15) is 19.2 Å². The molecule has 1 aliphatic heterocycles. The standard InChI is InChI=1S/C20H34N2O9/c1-12(23)22-17-19(30-15(4)26)18(29-14(3)25)16(11-28-13(2)24)31-20(17)27-10-8-6-5-7-9-21/h16-20H,5-11,21H2,1-4H3,(H,22,23)/t16-,17-,18+,19-,20?/m1/s1. The predicted molar refractivity (Wildman–Crippen MR) is 107 cm³/mol. The third-order valence-corrected chi connectivity index (χ3v) is 4.45. The van der Waals surface area contributed by atoms with Gasteiger partial charge in [0.25, 0.3) is 0 Å². The molecule has 1 amide bonds. The van der Waals surface area contributed by atoms with Crippen molar-refractivity contribution in [3.05, 3.63) is 0 Å². The van der Waals surface area contributed by atoms with Crippen LogP contribution in [-0.4, -0.2) is 74.2 Å². The third-order valence-electron chi connectivity index (χ3n) is 4.45. The molecule has 0 aliphatic carbocycles. The monoisotopic (exact) mass is 446 g/mol. The van der Waals surface area contributed by atoms with E-state index in [4.69, 9.17) is 29.4 Å². The number of nitrogens with two attached hydrogens (primary N) is 1. The summed E-state index contributed by atoms with van der Waals surface area (Å²) in [7, 11) is 0. The zero-order valence-corrected chi connectivity index (χ0v) is 18.6. The van der Waals surface area contributed by atoms with Crippen molar-refractivity contribution in [1.29, 1.82) is 0 Å². The number of carbonyl (C=O) groups excluding carboxylic acids is 4. The van der Waals surface area contributed by atoms with E-state index < -0.39 is 54.5 Å². The maximum Gasteiger partial charge on any atom is 0.303 e. The normalized spacial score (nSPS) is 25.4. The number of rotatable bonds is 12. The van der Waals surface area contributed by atoms with Crippen molar-refractivity contribution in [1.82, 2.24) is 5.32 Å². The van der Waals surface area contributed by atoms with Gasteiger partial charge < -0.3 is 34.7 Å². The summed E-state index contributed by atoms with van der Waals surface area (Å²) in [5.74, 6) is -2.27. The molecule has 0 aromatic rings. The first kappa shape index (κ1) is 26.8. The molecule has 0 spiro atoms. The number of hydrogen-bond acceptors (Lipinski definition) is 10. The zero-order chi connectivity index (χ0) is 23.4. The van der Waals surface area contributed by atoms with Crippen molar-refractivity contribution >= 4 is 23.8 Å². The van der Waals surface area contributed by atoms with Gasteiger partial charge in [-0.05, 0) is 19.4 Å². The summed E-state index contributed by atoms with van der Waals surface area (Å²) in [6, 6.07) is -0.941. The Hall–Kier alpha value is -2.24. The minimum atomic E-state index is -1.12. The second-order valence-corrected chi connectivity index (χ2v) is 7.29. The van der Waals surface area contributed by atoms with Crippen LogP contribution >= 0.6 is 0 Å². The van der Waals surface area contributed by atoms with Crippen LogP contribution in [-0.2, 0) is 42.9 Å². The Balaban J connectivity index is 3.07. The van der Waals surface area contributed by atoms with Crippen molar-refractivity contribution in [2.45, 2.75) is 84.0 Å². The smallest absolute Gasteiger partial charge is 0.303 e. The highest BCUT2D eigenvalue weighted by Gasteiger charge is 2.51. The minimum Gasteiger partial charge on any atom is -0.463 e. The van der Waals surface area contributed by atoms with Gasteiger partial charge in [0.1, 0.15) is 18.8 Å². The van der Waals surface area contributed by atoms with Crippen LogP contribution in [0.25, 0.3) is 0 Å². The fourth-order valence-corrected chi connectivity index (χ4v) is 3.23. The summed E-state index contributed by atoms with van der Waals surface area (Å²) >= 11 is 0. The lowest BCUT2D eigenvalue weighted by Crippen LogP contribution is -2.66. The van der Waals surface area contributed by atoms with Crippen LogP contribution in [0, 0.1) is 0 Å². The largest absolute Gasteiger partial charge is 0.463 e. The molecule has 0 saturated carbocycles. The van der Waals surface area contributed by atoms with Crippen molar-refractivity contribution in [2.24, 2.45) is 5.73 Å². The summed E-state index contributed by atoms with van der Waals surface area (Å²) in [6.45, 7) is 5.58. The van der Waals surface area contributed by atoms with Crippen molar-refractivity contribution < 1.29 is 42.9 Å². The van der Waals surface area contributed by atoms with Gasteiger partial charge in [0.2, 0.25) is 5.91 Å². The number of esters is 3. The summed E-state index contributed by atoms with van der Waals surface area (Å²) in [5.41, 5.74) is 5.49. The van der Waals surface area contributed by atoms with Crippen LogP contribution < -0.4 is 11.1 Å². The Kier molecular flexibility index (Phi) is 12.1. The van der Waals surface area contributed by atoms with E-state index in [2.05, 4.69) is 5.32 Å². The van der Waals surface area contributed by atoms with Gasteiger partial charge >= 0.3 is 17.9 Å². The van der Waals surface area contributed by atoms with Gasteiger partial charge in [-0.15, -0.1) is 0 Å². The Morgan fingerprint density at radius 1 is 0.871 bits per heavy atom. The highest BCUT2D eigenvalue weighted by molar-refractivity contribution is 5.73. The van der Waals surface area contributed by atoms with E-state index in [1.807, 2.05) is 0 Å². The van der Waals surface area contributed by atoms with Gasteiger partial charge in [-0.2, -0.15) is 0 Å². The van der Waals surface area contributed by atoms with Gasteiger partial charge in [0.05, 0.1) is 0 Å². The second kappa shape index (κ2) is 13.9. The lowest BCUT2D eigenvalue weighted by atomic mass is 9.96. The van der Waals surface area contributed by atoms with Crippen LogP contribution in [0.15, 0.2) is 0 Å². The van der Waals surface area contributed by atoms with Crippen LogP contribution in [0.5, 0.6) is 0 Å². The topological polar surface area (TPSA) is 152 Å². The highest BCUT2D eigenvalue weighted by Crippen LogP contribution is 2.28. The number of amides is 1. The lowest BCUT2D eigenvalue weighted by molar-refractivity contribution is -0.277. The number of nitrogens with one attached hydrogen (secondary N) is 1. The lowest BCUT2D eigenvalue weighted by Gasteiger charge is -2.44. The molecular formula is C20H34N2O9. The molecule has 0 aromatic carbocycles. The van der Waals surface area contributed by atoms with Crippen molar-refractivity contribution in [3.63, 3.8) is 0 Å². The second-order valence-electron chi connectivity index (χ2n) is 7.29. The Morgan fingerprint density at radius 2 is 1.48 bits per heavy atom. The molecule has 0 radical (unpaired) electrons. The van der Waals surface area contributed by atoms with Crippen molar-refractivity contribution in [3.8, 4) is 0 Å². The fourth-order valence-electron chi connectivity index (χ4n) is 3.23. The molecule has 1 fully saturated rings. The van der Waals surface area contributed by atoms with Crippen LogP contribution in [0.3, 0.4) is 0 Å². The average Bonchev–Trinajstić information content (AvgIpc) is 2.66. The molecule has 11 heteroatoms. The van der Waals surface area contributed by atoms with Crippen LogP contribution in [0.1, 0.15) is 53.4 Å². The predicted octanol–water partition coefficient (Wildman–Crippen LogP) is 0.178. The first-order valence-electron chi connectivity index (χ1n) is 10.4. The molecule has 11 nitrogen and oxygen atoms in total. The van der Waals surface area contributed by atoms with E-state index in [1.165, 1.54) is 27.7 Å². The summed E-state index contributed by atoms with van der Waals surface area (Å²) in [6.07, 6.45) is -0.719. The van der Waals surface area contributed by atoms with Gasteiger partial charge in [0, 0.05) is 34.3 Å². The van der Waals surface area contributed by atoms with E-state index in [0.717, 1.165) is 25.7 Å². The van der Waals surface area contributed by atoms with Crippen LogP contribution in [0.2, 0.25) is 0 Å². The Labute approximate surface area is 182 Å². The maximum atomic E-state index is 11.8. The van der Waals surface area contributed by atoms with Crippen molar-refractivity contribution in [2.75, 3.05) is 19.8 Å². The molecule has 5 atom stereocenters. The SMILES string of the molecule is CC(=O)N[C@H]1C(OCCCCCCN)O[C@H](COC(C)=O)[C@H](OC(C)=O)[C@@H]1OC(C)=O. The number of carbonyl (C=O) groups is 4. The number of hydrogen-bond donors (Lipinski definition) is 2. The van der Waals surface area contributed by atoms with Gasteiger partial charge in [0.15, 0.2) is 18.5 Å². The summed E-state index contributed by atoms with van der Waals surface area (Å²) < 4.78 is 27.5. The summed E-state index contributed by atoms with van der Waals surface area (Å²) in [5, 5.41) is 2.66. The molecule has 31 heavy (non-hydrogen) atoms. The highest BCUT2D eigenvalue weighted by atomic mass is 16.7. The Morgan fingerprint density at radius 3 is 2.03 bits per heavy atom. The minimum absolute atomic E-state index is 0.256. The maximum absolute atomic E-state index is 11.8. The Bertz CT molecular complexity index is 613. The molecule has 1 unspecified atom stereocenters. The zero-order valence-electron chi connectivity index (χ0n) is 18.6. The third kappa shape index (κ3) is 10.1. The molecule has 3 N–H and O–H groups in total. The molecule has 1 aliphatic rings. The fraction of sp³-hybridized carbons (Fsp3) is 0.800. The van der Waals surface area contributed by atoms with E-state index in [1.54, 1.807) is 0 Å². The first-order valence-corrected chi connectivity index (χ1v) is 10.4. The van der Waals surface area contributed by atoms with Gasteiger partial charge in [-0.25, -0.2) is 0 Å².